The minimum Gasteiger partial charge on any atom is -0.493 e. The van der Waals surface area contributed by atoms with Gasteiger partial charge in [0.25, 0.3) is 5.91 Å². The second-order valence-corrected chi connectivity index (χ2v) is 8.35. The third kappa shape index (κ3) is 5.01. The van der Waals surface area contributed by atoms with Crippen LogP contribution in [-0.4, -0.2) is 30.4 Å². The number of esters is 1. The molecule has 8 heteroatoms. The molecule has 1 heterocycles. The fourth-order valence-corrected chi connectivity index (χ4v) is 4.06. The van der Waals surface area contributed by atoms with Gasteiger partial charge in [0.1, 0.15) is 17.0 Å². The molecular weight excluding hydrogens is 482 g/mol. The number of nitrogens with zero attached hydrogens (tertiary/aromatic N) is 2. The maximum absolute atomic E-state index is 12.9. The Morgan fingerprint density at radius 1 is 0.921 bits per heavy atom. The SMILES string of the molecule is COc1cc(/C=N/NC(=O)c2c(-c3ccccc3)noc2C)ccc1OC(=O)c1cccc2ccccc12. The molecule has 0 saturated carbocycles. The Morgan fingerprint density at radius 3 is 2.50 bits per heavy atom. The summed E-state index contributed by atoms with van der Waals surface area (Å²) in [5.41, 5.74) is 5.10. The molecular formula is C30H23N3O5. The molecule has 0 aliphatic rings. The molecule has 0 spiro atoms. The van der Waals surface area contributed by atoms with Crippen LogP contribution in [0.1, 0.15) is 32.0 Å². The van der Waals surface area contributed by atoms with Gasteiger partial charge in [-0.25, -0.2) is 10.2 Å². The number of aryl methyl sites for hydroxylation is 1. The van der Waals surface area contributed by atoms with Crippen LogP contribution in [0.2, 0.25) is 0 Å². The molecule has 5 aromatic rings. The first-order chi connectivity index (χ1) is 18.5. The second-order valence-electron chi connectivity index (χ2n) is 8.35. The molecule has 38 heavy (non-hydrogen) atoms. The van der Waals surface area contributed by atoms with Crippen molar-refractivity contribution in [2.24, 2.45) is 5.10 Å². The van der Waals surface area contributed by atoms with E-state index in [1.54, 1.807) is 31.2 Å². The van der Waals surface area contributed by atoms with Gasteiger partial charge in [0.05, 0.1) is 18.9 Å². The Balaban J connectivity index is 1.30. The minimum absolute atomic E-state index is 0.263. The lowest BCUT2D eigenvalue weighted by molar-refractivity contribution is 0.0731. The van der Waals surface area contributed by atoms with E-state index < -0.39 is 11.9 Å². The number of hydrogen-bond acceptors (Lipinski definition) is 7. The van der Waals surface area contributed by atoms with Gasteiger partial charge in [0, 0.05) is 5.56 Å². The standard InChI is InChI=1S/C30H23N3O5/c1-19-27(28(33-38-19)22-10-4-3-5-11-22)29(34)32-31-18-20-15-16-25(26(17-20)36-2)37-30(35)24-14-8-12-21-9-6-7-13-23(21)24/h3-18H,1-2H3,(H,32,34)/b31-18+. The number of carbonyl (C=O) groups excluding carboxylic acids is 2. The van der Waals surface area contributed by atoms with Crippen molar-refractivity contribution < 1.29 is 23.6 Å². The molecule has 0 atom stereocenters. The fraction of sp³-hybridized carbons (Fsp3) is 0.0667. The third-order valence-corrected chi connectivity index (χ3v) is 5.92. The lowest BCUT2D eigenvalue weighted by atomic mass is 10.0. The van der Waals surface area contributed by atoms with Crippen molar-refractivity contribution in [2.45, 2.75) is 6.92 Å². The van der Waals surface area contributed by atoms with Crippen LogP contribution in [0.25, 0.3) is 22.0 Å². The summed E-state index contributed by atoms with van der Waals surface area (Å²) >= 11 is 0. The predicted octanol–water partition coefficient (Wildman–Crippen LogP) is 5.79. The zero-order valence-electron chi connectivity index (χ0n) is 20.7. The zero-order chi connectivity index (χ0) is 26.5. The Kier molecular flexibility index (Phi) is 6.95. The lowest BCUT2D eigenvalue weighted by Gasteiger charge is -2.11. The van der Waals surface area contributed by atoms with Crippen LogP contribution in [0.4, 0.5) is 0 Å². The third-order valence-electron chi connectivity index (χ3n) is 5.92. The number of amides is 1. The highest BCUT2D eigenvalue weighted by Crippen LogP contribution is 2.30. The van der Waals surface area contributed by atoms with Gasteiger partial charge in [-0.1, -0.05) is 71.9 Å². The number of rotatable bonds is 7. The molecule has 188 valence electrons. The highest BCUT2D eigenvalue weighted by atomic mass is 16.6. The highest BCUT2D eigenvalue weighted by molar-refractivity contribution is 6.05. The maximum Gasteiger partial charge on any atom is 0.344 e. The number of fused-ring (bicyclic) bond motifs is 1. The van der Waals surface area contributed by atoms with E-state index in [-0.39, 0.29) is 5.75 Å². The number of aromatic nitrogens is 1. The first-order valence-electron chi connectivity index (χ1n) is 11.8. The van der Waals surface area contributed by atoms with Gasteiger partial charge in [-0.2, -0.15) is 5.10 Å². The van der Waals surface area contributed by atoms with Crippen molar-refractivity contribution in [3.63, 3.8) is 0 Å². The maximum atomic E-state index is 12.9. The van der Waals surface area contributed by atoms with Gasteiger partial charge in [0.2, 0.25) is 0 Å². The molecule has 1 N–H and O–H groups in total. The van der Waals surface area contributed by atoms with Gasteiger partial charge < -0.3 is 14.0 Å². The van der Waals surface area contributed by atoms with Gasteiger partial charge >= 0.3 is 5.97 Å². The van der Waals surface area contributed by atoms with Gasteiger partial charge in [-0.15, -0.1) is 0 Å². The van der Waals surface area contributed by atoms with E-state index in [1.165, 1.54) is 13.3 Å². The molecule has 5 rings (SSSR count). The lowest BCUT2D eigenvalue weighted by Crippen LogP contribution is -2.18. The summed E-state index contributed by atoms with van der Waals surface area (Å²) in [6, 6.07) is 27.3. The number of methoxy groups -OCH3 is 1. The fourth-order valence-electron chi connectivity index (χ4n) is 4.06. The zero-order valence-corrected chi connectivity index (χ0v) is 20.7. The summed E-state index contributed by atoms with van der Waals surface area (Å²) in [6.45, 7) is 1.67. The summed E-state index contributed by atoms with van der Waals surface area (Å²) in [5, 5.41) is 9.83. The largest absolute Gasteiger partial charge is 0.493 e. The van der Waals surface area contributed by atoms with Gasteiger partial charge in [0.15, 0.2) is 11.5 Å². The highest BCUT2D eigenvalue weighted by Gasteiger charge is 2.21. The van der Waals surface area contributed by atoms with E-state index in [1.807, 2.05) is 66.7 Å². The molecule has 0 bridgehead atoms. The molecule has 0 saturated heterocycles. The van der Waals surface area contributed by atoms with E-state index in [9.17, 15) is 9.59 Å². The molecule has 0 unspecified atom stereocenters. The number of benzene rings is 4. The molecule has 0 aliphatic carbocycles. The number of ether oxygens (including phenoxy) is 2. The topological polar surface area (TPSA) is 103 Å². The van der Waals surface area contributed by atoms with Crippen LogP contribution < -0.4 is 14.9 Å². The first kappa shape index (κ1) is 24.5. The molecule has 1 amide bonds. The number of nitrogens with one attached hydrogen (secondary N) is 1. The van der Waals surface area contributed by atoms with E-state index in [0.29, 0.717) is 33.9 Å². The minimum atomic E-state index is -0.493. The quantitative estimate of drug-likeness (QED) is 0.130. The molecule has 1 aromatic heterocycles. The normalized spacial score (nSPS) is 11.0. The molecule has 4 aromatic carbocycles. The first-order valence-corrected chi connectivity index (χ1v) is 11.8. The van der Waals surface area contributed by atoms with Crippen LogP contribution in [-0.2, 0) is 0 Å². The van der Waals surface area contributed by atoms with Gasteiger partial charge in [-0.3, -0.25) is 4.79 Å². The Bertz CT molecular complexity index is 1650. The number of hydrazone groups is 1. The van der Waals surface area contributed by atoms with Gasteiger partial charge in [-0.05, 0) is 47.5 Å². The van der Waals surface area contributed by atoms with E-state index in [2.05, 4.69) is 15.7 Å². The second kappa shape index (κ2) is 10.8. The van der Waals surface area contributed by atoms with Crippen LogP contribution in [0.3, 0.4) is 0 Å². The van der Waals surface area contributed by atoms with Crippen molar-refractivity contribution in [3.8, 4) is 22.8 Å². The average molecular weight is 506 g/mol. The van der Waals surface area contributed by atoms with Crippen LogP contribution >= 0.6 is 0 Å². The van der Waals surface area contributed by atoms with Crippen molar-refractivity contribution in [1.29, 1.82) is 0 Å². The summed E-state index contributed by atoms with van der Waals surface area (Å²) in [4.78, 5) is 25.8. The van der Waals surface area contributed by atoms with Crippen LogP contribution in [0.15, 0.2) is 101 Å². The molecule has 0 aliphatic heterocycles. The summed E-state index contributed by atoms with van der Waals surface area (Å²) in [7, 11) is 1.48. The summed E-state index contributed by atoms with van der Waals surface area (Å²) in [6.07, 6.45) is 1.46. The number of hydrogen-bond donors (Lipinski definition) is 1. The average Bonchev–Trinajstić information content (AvgIpc) is 3.35. The Morgan fingerprint density at radius 2 is 1.68 bits per heavy atom. The Hall–Kier alpha value is -5.24. The summed E-state index contributed by atoms with van der Waals surface area (Å²) < 4.78 is 16.3. The van der Waals surface area contributed by atoms with Crippen molar-refractivity contribution >= 4 is 28.9 Å². The smallest absolute Gasteiger partial charge is 0.344 e. The van der Waals surface area contributed by atoms with Crippen LogP contribution in [0, 0.1) is 6.92 Å². The Labute approximate surface area is 218 Å². The monoisotopic (exact) mass is 505 g/mol. The molecule has 0 fully saturated rings. The van der Waals surface area contributed by atoms with Crippen molar-refractivity contribution in [1.82, 2.24) is 10.6 Å². The van der Waals surface area contributed by atoms with E-state index in [4.69, 9.17) is 14.0 Å². The number of carbonyl (C=O) groups is 2. The molecule has 0 radical (unpaired) electrons. The van der Waals surface area contributed by atoms with E-state index >= 15 is 0 Å². The predicted molar refractivity (Wildman–Crippen MR) is 144 cm³/mol. The van der Waals surface area contributed by atoms with E-state index in [0.717, 1.165) is 16.3 Å². The van der Waals surface area contributed by atoms with Crippen LogP contribution in [0.5, 0.6) is 11.5 Å². The molecule has 8 nitrogen and oxygen atoms in total. The summed E-state index contributed by atoms with van der Waals surface area (Å²) in [5.74, 6) is 0.0449. The van der Waals surface area contributed by atoms with Crippen molar-refractivity contribution in [3.05, 3.63) is 113 Å². The van der Waals surface area contributed by atoms with Crippen molar-refractivity contribution in [2.75, 3.05) is 7.11 Å².